The monoisotopic (exact) mass is 395 g/mol. The summed E-state index contributed by atoms with van der Waals surface area (Å²) in [6.45, 7) is 5.35. The van der Waals surface area contributed by atoms with Crippen LogP contribution in [-0.2, 0) is 15.1 Å². The SMILES string of the molecule is CO[C@@](C(=O)N[C@H](C)COc1c(C)cccc1C)(c1ccccc1)C(F)(F)F. The fourth-order valence-corrected chi connectivity index (χ4v) is 3.02. The highest BCUT2D eigenvalue weighted by molar-refractivity contribution is 5.88. The normalized spacial score (nSPS) is 14.8. The second kappa shape index (κ2) is 8.65. The zero-order valence-corrected chi connectivity index (χ0v) is 16.3. The van der Waals surface area contributed by atoms with Crippen LogP contribution in [0.2, 0.25) is 0 Å². The molecule has 0 heterocycles. The number of amides is 1. The molecule has 7 heteroatoms. The largest absolute Gasteiger partial charge is 0.491 e. The lowest BCUT2D eigenvalue weighted by Gasteiger charge is -2.34. The van der Waals surface area contributed by atoms with Crippen molar-refractivity contribution in [3.05, 3.63) is 65.2 Å². The lowest BCUT2D eigenvalue weighted by molar-refractivity contribution is -0.266. The number of alkyl halides is 3. The van der Waals surface area contributed by atoms with E-state index in [1.165, 1.54) is 24.3 Å². The van der Waals surface area contributed by atoms with E-state index in [0.717, 1.165) is 18.2 Å². The summed E-state index contributed by atoms with van der Waals surface area (Å²) in [6.07, 6.45) is -4.94. The Bertz CT molecular complexity index is 788. The standard InChI is InChI=1S/C21H24F3NO3/c1-14-9-8-10-15(2)18(14)28-13-16(3)25-19(26)20(27-4,21(22,23)24)17-11-6-5-7-12-17/h5-12,16H,13H2,1-4H3,(H,25,26)/t16-,20-/m1/s1. The van der Waals surface area contributed by atoms with E-state index in [-0.39, 0.29) is 12.2 Å². The first-order chi connectivity index (χ1) is 13.1. The van der Waals surface area contributed by atoms with E-state index in [4.69, 9.17) is 9.47 Å². The van der Waals surface area contributed by atoms with Gasteiger partial charge in [0.2, 0.25) is 0 Å². The molecule has 2 aromatic rings. The number of carbonyl (C=O) groups is 1. The molecule has 0 aliphatic carbocycles. The summed E-state index contributed by atoms with van der Waals surface area (Å²) < 4.78 is 52.2. The van der Waals surface area contributed by atoms with Gasteiger partial charge in [-0.15, -0.1) is 0 Å². The number of nitrogens with one attached hydrogen (secondary N) is 1. The van der Waals surface area contributed by atoms with Gasteiger partial charge in [0.15, 0.2) is 0 Å². The molecule has 0 saturated carbocycles. The van der Waals surface area contributed by atoms with Crippen molar-refractivity contribution in [3.8, 4) is 5.75 Å². The molecule has 1 amide bonds. The average Bonchev–Trinajstić information content (AvgIpc) is 2.62. The number of carbonyl (C=O) groups excluding carboxylic acids is 1. The first kappa shape index (κ1) is 21.8. The fourth-order valence-electron chi connectivity index (χ4n) is 3.02. The first-order valence-corrected chi connectivity index (χ1v) is 8.81. The molecule has 0 spiro atoms. The number of ether oxygens (including phenoxy) is 2. The van der Waals surface area contributed by atoms with Crippen LogP contribution in [0.15, 0.2) is 48.5 Å². The number of rotatable bonds is 7. The minimum atomic E-state index is -4.94. The van der Waals surface area contributed by atoms with Crippen LogP contribution in [0.25, 0.3) is 0 Å². The highest BCUT2D eigenvalue weighted by Crippen LogP contribution is 2.42. The summed E-state index contributed by atoms with van der Waals surface area (Å²) in [4.78, 5) is 12.7. The van der Waals surface area contributed by atoms with E-state index < -0.39 is 23.7 Å². The zero-order valence-electron chi connectivity index (χ0n) is 16.3. The zero-order chi connectivity index (χ0) is 20.9. The van der Waals surface area contributed by atoms with E-state index >= 15 is 0 Å². The second-order valence-corrected chi connectivity index (χ2v) is 6.66. The molecule has 152 valence electrons. The maximum Gasteiger partial charge on any atom is 0.430 e. The van der Waals surface area contributed by atoms with Gasteiger partial charge in [0.05, 0.1) is 6.04 Å². The Labute approximate surface area is 162 Å². The molecule has 0 saturated heterocycles. The molecular weight excluding hydrogens is 371 g/mol. The van der Waals surface area contributed by atoms with Crippen LogP contribution >= 0.6 is 0 Å². The van der Waals surface area contributed by atoms with E-state index in [2.05, 4.69) is 5.32 Å². The number of para-hydroxylation sites is 1. The lowest BCUT2D eigenvalue weighted by atomic mass is 9.91. The predicted molar refractivity (Wildman–Crippen MR) is 100 cm³/mol. The van der Waals surface area contributed by atoms with Crippen LogP contribution in [0.3, 0.4) is 0 Å². The molecule has 1 N–H and O–H groups in total. The quantitative estimate of drug-likeness (QED) is 0.761. The number of halogens is 3. The smallest absolute Gasteiger partial charge is 0.430 e. The summed E-state index contributed by atoms with van der Waals surface area (Å²) in [5, 5.41) is 2.38. The number of hydrogen-bond donors (Lipinski definition) is 1. The van der Waals surface area contributed by atoms with Gasteiger partial charge in [-0.05, 0) is 31.9 Å². The van der Waals surface area contributed by atoms with E-state index in [0.29, 0.717) is 5.75 Å². The van der Waals surface area contributed by atoms with Crippen molar-refractivity contribution in [2.45, 2.75) is 38.6 Å². The molecule has 2 atom stereocenters. The summed E-state index contributed by atoms with van der Waals surface area (Å²) in [5.41, 5.74) is -1.57. The molecule has 0 bridgehead atoms. The van der Waals surface area contributed by atoms with Gasteiger partial charge in [-0.3, -0.25) is 4.79 Å². The van der Waals surface area contributed by atoms with Gasteiger partial charge in [0.1, 0.15) is 12.4 Å². The third-order valence-electron chi connectivity index (χ3n) is 4.47. The van der Waals surface area contributed by atoms with Crippen molar-refractivity contribution in [1.29, 1.82) is 0 Å². The number of methoxy groups -OCH3 is 1. The molecule has 0 aliphatic rings. The van der Waals surface area contributed by atoms with Gasteiger partial charge in [-0.25, -0.2) is 0 Å². The predicted octanol–water partition coefficient (Wildman–Crippen LogP) is 4.29. The van der Waals surface area contributed by atoms with Crippen molar-refractivity contribution in [2.24, 2.45) is 0 Å². The van der Waals surface area contributed by atoms with Crippen molar-refractivity contribution < 1.29 is 27.4 Å². The van der Waals surface area contributed by atoms with Crippen LogP contribution in [0.4, 0.5) is 13.2 Å². The maximum absolute atomic E-state index is 13.9. The van der Waals surface area contributed by atoms with Crippen molar-refractivity contribution in [1.82, 2.24) is 5.32 Å². The van der Waals surface area contributed by atoms with E-state index in [1.54, 1.807) is 13.0 Å². The van der Waals surface area contributed by atoms with Crippen molar-refractivity contribution >= 4 is 5.91 Å². The van der Waals surface area contributed by atoms with Gasteiger partial charge >= 0.3 is 6.18 Å². The molecule has 0 aliphatic heterocycles. The minimum Gasteiger partial charge on any atom is -0.491 e. The minimum absolute atomic E-state index is 0.0177. The molecule has 0 fully saturated rings. The Balaban J connectivity index is 2.19. The molecule has 0 aromatic heterocycles. The Kier molecular flexibility index (Phi) is 6.72. The summed E-state index contributed by atoms with van der Waals surface area (Å²) in [7, 11) is 0.873. The summed E-state index contributed by atoms with van der Waals surface area (Å²) in [5.74, 6) is -0.633. The number of benzene rings is 2. The third-order valence-corrected chi connectivity index (χ3v) is 4.47. The number of hydrogen-bond acceptors (Lipinski definition) is 3. The molecule has 2 aromatic carbocycles. The molecular formula is C21H24F3NO3. The van der Waals surface area contributed by atoms with Gasteiger partial charge in [0.25, 0.3) is 11.5 Å². The first-order valence-electron chi connectivity index (χ1n) is 8.81. The van der Waals surface area contributed by atoms with Gasteiger partial charge < -0.3 is 14.8 Å². The Morgan fingerprint density at radius 2 is 1.61 bits per heavy atom. The Hall–Kier alpha value is -2.54. The van der Waals surface area contributed by atoms with Crippen LogP contribution in [0, 0.1) is 13.8 Å². The molecule has 0 unspecified atom stereocenters. The maximum atomic E-state index is 13.9. The van der Waals surface area contributed by atoms with E-state index in [1.807, 2.05) is 32.0 Å². The topological polar surface area (TPSA) is 47.6 Å². The van der Waals surface area contributed by atoms with Crippen LogP contribution in [0.5, 0.6) is 5.75 Å². The second-order valence-electron chi connectivity index (χ2n) is 6.66. The summed E-state index contributed by atoms with van der Waals surface area (Å²) >= 11 is 0. The van der Waals surface area contributed by atoms with Crippen molar-refractivity contribution in [2.75, 3.05) is 13.7 Å². The van der Waals surface area contributed by atoms with Gasteiger partial charge in [-0.2, -0.15) is 13.2 Å². The molecule has 2 rings (SSSR count). The van der Waals surface area contributed by atoms with E-state index in [9.17, 15) is 18.0 Å². The van der Waals surface area contributed by atoms with Crippen LogP contribution < -0.4 is 10.1 Å². The molecule has 28 heavy (non-hydrogen) atoms. The molecule has 4 nitrogen and oxygen atoms in total. The molecule has 0 radical (unpaired) electrons. The van der Waals surface area contributed by atoms with Crippen molar-refractivity contribution in [3.63, 3.8) is 0 Å². The summed E-state index contributed by atoms with van der Waals surface area (Å²) in [6, 6.07) is 11.8. The third kappa shape index (κ3) is 4.30. The number of aryl methyl sites for hydroxylation is 2. The Morgan fingerprint density at radius 3 is 2.11 bits per heavy atom. The average molecular weight is 395 g/mol. The van der Waals surface area contributed by atoms with Gasteiger partial charge in [0, 0.05) is 12.7 Å². The highest BCUT2D eigenvalue weighted by Gasteiger charge is 2.62. The van der Waals surface area contributed by atoms with Crippen LogP contribution in [0.1, 0.15) is 23.6 Å². The van der Waals surface area contributed by atoms with Gasteiger partial charge in [-0.1, -0.05) is 48.5 Å². The van der Waals surface area contributed by atoms with Crippen LogP contribution in [-0.4, -0.2) is 31.8 Å². The highest BCUT2D eigenvalue weighted by atomic mass is 19.4. The Morgan fingerprint density at radius 1 is 1.04 bits per heavy atom. The lowest BCUT2D eigenvalue weighted by Crippen LogP contribution is -2.57. The fraction of sp³-hybridized carbons (Fsp3) is 0.381.